The van der Waals surface area contributed by atoms with Crippen LogP contribution in [0.15, 0.2) is 89.3 Å². The summed E-state index contributed by atoms with van der Waals surface area (Å²) in [5.41, 5.74) is 6.95. The molecule has 0 spiro atoms. The highest BCUT2D eigenvalue weighted by Crippen LogP contribution is 2.37. The molecular weight excluding hydrogens is 650 g/mol. The van der Waals surface area contributed by atoms with Crippen molar-refractivity contribution in [1.29, 1.82) is 0 Å². The summed E-state index contributed by atoms with van der Waals surface area (Å²) >= 11 is 26.0. The largest absolute Gasteiger partial charge is 0.493 e. The minimum Gasteiger partial charge on any atom is -0.493 e. The maximum Gasteiger partial charge on any atom is 0.271 e. The van der Waals surface area contributed by atoms with E-state index in [2.05, 4.69) is 20.8 Å². The van der Waals surface area contributed by atoms with Crippen LogP contribution in [0.2, 0.25) is 20.1 Å². The average Bonchev–Trinajstić information content (AvgIpc) is 3.47. The molecule has 0 saturated heterocycles. The predicted molar refractivity (Wildman–Crippen MR) is 176 cm³/mol. The van der Waals surface area contributed by atoms with Gasteiger partial charge in [0, 0.05) is 27.2 Å². The topological polar surface area (TPSA) is 84.8 Å². The van der Waals surface area contributed by atoms with Gasteiger partial charge in [0.15, 0.2) is 16.6 Å². The molecule has 1 heterocycles. The summed E-state index contributed by atoms with van der Waals surface area (Å²) in [5.74, 6) is 0.403. The van der Waals surface area contributed by atoms with Gasteiger partial charge >= 0.3 is 0 Å². The molecule has 0 saturated carbocycles. The van der Waals surface area contributed by atoms with E-state index in [9.17, 15) is 4.79 Å². The number of carbonyl (C=O) groups excluding carboxylic acids is 1. The van der Waals surface area contributed by atoms with Gasteiger partial charge in [-0.05, 0) is 71.8 Å². The minimum atomic E-state index is -0.370. The number of anilines is 2. The fourth-order valence-electron chi connectivity index (χ4n) is 3.88. The van der Waals surface area contributed by atoms with E-state index in [0.717, 1.165) is 27.6 Å². The summed E-state index contributed by atoms with van der Waals surface area (Å²) in [7, 11) is 1.51. The van der Waals surface area contributed by atoms with Crippen LogP contribution in [0.1, 0.15) is 21.5 Å². The maximum absolute atomic E-state index is 12.7. The third-order valence-electron chi connectivity index (χ3n) is 6.04. The molecule has 0 aliphatic rings. The third kappa shape index (κ3) is 7.98. The molecule has 0 bridgehead atoms. The lowest BCUT2D eigenvalue weighted by molar-refractivity contribution is 0.0955. The van der Waals surface area contributed by atoms with E-state index in [1.165, 1.54) is 24.7 Å². The molecule has 1 amide bonds. The summed E-state index contributed by atoms with van der Waals surface area (Å²) in [6.45, 7) is 0.208. The summed E-state index contributed by atoms with van der Waals surface area (Å²) in [6, 6.07) is 23.1. The summed E-state index contributed by atoms with van der Waals surface area (Å²) in [6.07, 6.45) is 1.47. The van der Waals surface area contributed by atoms with Crippen molar-refractivity contribution in [2.45, 2.75) is 6.61 Å². The number of ether oxygens (including phenoxy) is 2. The van der Waals surface area contributed by atoms with E-state index in [-0.39, 0.29) is 12.5 Å². The van der Waals surface area contributed by atoms with E-state index in [1.807, 2.05) is 47.8 Å². The van der Waals surface area contributed by atoms with Gasteiger partial charge in [-0.1, -0.05) is 64.6 Å². The minimum absolute atomic E-state index is 0.208. The molecule has 0 aliphatic heterocycles. The van der Waals surface area contributed by atoms with Gasteiger partial charge in [-0.15, -0.1) is 11.3 Å². The van der Waals surface area contributed by atoms with Crippen LogP contribution in [-0.2, 0) is 6.61 Å². The molecule has 12 heteroatoms. The maximum atomic E-state index is 12.7. The highest BCUT2D eigenvalue weighted by molar-refractivity contribution is 7.14. The Morgan fingerprint density at radius 1 is 0.930 bits per heavy atom. The zero-order chi connectivity index (χ0) is 30.3. The van der Waals surface area contributed by atoms with Crippen molar-refractivity contribution in [2.24, 2.45) is 5.10 Å². The van der Waals surface area contributed by atoms with Crippen molar-refractivity contribution < 1.29 is 14.3 Å². The summed E-state index contributed by atoms with van der Waals surface area (Å²) in [4.78, 5) is 17.3. The number of aromatic nitrogens is 1. The molecule has 1 aromatic heterocycles. The number of amides is 1. The van der Waals surface area contributed by atoms with Gasteiger partial charge in [-0.2, -0.15) is 5.10 Å². The Bertz CT molecular complexity index is 1780. The first-order chi connectivity index (χ1) is 20.8. The number of carbonyl (C=O) groups is 1. The molecule has 7 nitrogen and oxygen atoms in total. The van der Waals surface area contributed by atoms with Crippen molar-refractivity contribution in [2.75, 3.05) is 12.4 Å². The van der Waals surface area contributed by atoms with Crippen molar-refractivity contribution in [3.8, 4) is 22.8 Å². The van der Waals surface area contributed by atoms with Crippen molar-refractivity contribution in [3.05, 3.63) is 121 Å². The predicted octanol–water partition coefficient (Wildman–Crippen LogP) is 9.52. The van der Waals surface area contributed by atoms with Crippen LogP contribution in [-0.4, -0.2) is 24.2 Å². The molecular formula is C31H22Cl4N4O3S. The van der Waals surface area contributed by atoms with E-state index >= 15 is 0 Å². The van der Waals surface area contributed by atoms with Crippen LogP contribution in [0.25, 0.3) is 11.3 Å². The molecule has 5 rings (SSSR count). The molecule has 0 atom stereocenters. The molecule has 0 aliphatic carbocycles. The molecule has 218 valence electrons. The van der Waals surface area contributed by atoms with E-state index in [4.69, 9.17) is 55.9 Å². The van der Waals surface area contributed by atoms with Crippen LogP contribution >= 0.6 is 57.7 Å². The lowest BCUT2D eigenvalue weighted by Crippen LogP contribution is -2.17. The first-order valence-electron chi connectivity index (χ1n) is 12.7. The number of nitrogens with one attached hydrogen (secondary N) is 2. The smallest absolute Gasteiger partial charge is 0.271 e. The van der Waals surface area contributed by atoms with Crippen LogP contribution in [0.5, 0.6) is 11.5 Å². The molecule has 5 aromatic rings. The third-order valence-corrected chi connectivity index (χ3v) is 8.07. The molecule has 0 fully saturated rings. The van der Waals surface area contributed by atoms with E-state index in [1.54, 1.807) is 36.4 Å². The number of benzene rings is 4. The zero-order valence-corrected chi connectivity index (χ0v) is 26.2. The van der Waals surface area contributed by atoms with Crippen LogP contribution in [0.4, 0.5) is 10.8 Å². The number of rotatable bonds is 10. The number of hydrogen-bond acceptors (Lipinski definition) is 7. The number of nitrogens with zero attached hydrogens (tertiary/aromatic N) is 2. The van der Waals surface area contributed by atoms with Crippen LogP contribution in [0.3, 0.4) is 0 Å². The Morgan fingerprint density at radius 2 is 1.70 bits per heavy atom. The first-order valence-corrected chi connectivity index (χ1v) is 15.0. The van der Waals surface area contributed by atoms with Crippen molar-refractivity contribution in [3.63, 3.8) is 0 Å². The van der Waals surface area contributed by atoms with Gasteiger partial charge in [0.05, 0.1) is 34.1 Å². The Labute approximate surface area is 272 Å². The van der Waals surface area contributed by atoms with Gasteiger partial charge in [-0.25, -0.2) is 10.4 Å². The number of hydrogen-bond donors (Lipinski definition) is 2. The van der Waals surface area contributed by atoms with E-state index < -0.39 is 0 Å². The summed E-state index contributed by atoms with van der Waals surface area (Å²) < 4.78 is 11.3. The Hall–Kier alpha value is -3.79. The quantitative estimate of drug-likeness (QED) is 0.114. The molecule has 4 aromatic carbocycles. The number of thiazole rings is 1. The fraction of sp³-hybridized carbons (Fsp3) is 0.0645. The fourth-order valence-corrected chi connectivity index (χ4v) is 5.34. The first kappa shape index (κ1) is 30.7. The molecule has 0 unspecified atom stereocenters. The monoisotopic (exact) mass is 670 g/mol. The van der Waals surface area contributed by atoms with Crippen molar-refractivity contribution >= 4 is 80.7 Å². The Balaban J connectivity index is 1.18. The molecule has 43 heavy (non-hydrogen) atoms. The Kier molecular flexibility index (Phi) is 10.1. The van der Waals surface area contributed by atoms with Crippen LogP contribution < -0.4 is 20.2 Å². The zero-order valence-electron chi connectivity index (χ0n) is 22.4. The Morgan fingerprint density at radius 3 is 2.42 bits per heavy atom. The van der Waals surface area contributed by atoms with Crippen molar-refractivity contribution in [1.82, 2.24) is 10.4 Å². The van der Waals surface area contributed by atoms with Gasteiger partial charge < -0.3 is 14.8 Å². The molecule has 2 N–H and O–H groups in total. The average molecular weight is 672 g/mol. The van der Waals surface area contributed by atoms with Gasteiger partial charge in [-0.3, -0.25) is 4.79 Å². The van der Waals surface area contributed by atoms with Crippen LogP contribution in [0, 0.1) is 0 Å². The van der Waals surface area contributed by atoms with Gasteiger partial charge in [0.25, 0.3) is 5.91 Å². The number of halogens is 4. The standard InChI is InChI=1S/C31H22Cl4N4O3S/c1-41-28-14-19(13-26(35)29(28)42-16-18-2-11-24(33)25(34)12-18)15-36-39-30(40)21-5-3-20(4-6-21)27-17-43-31(38-27)37-23-9-7-22(32)8-10-23/h2-15,17H,16H2,1H3,(H,37,38)(H,39,40)/b36-15-. The summed E-state index contributed by atoms with van der Waals surface area (Å²) in [5, 5.41) is 11.9. The second-order valence-electron chi connectivity index (χ2n) is 9.02. The second kappa shape index (κ2) is 14.1. The van der Waals surface area contributed by atoms with E-state index in [0.29, 0.717) is 42.7 Å². The van der Waals surface area contributed by atoms with Gasteiger partial charge in [0.1, 0.15) is 6.61 Å². The SMILES string of the molecule is COc1cc(/C=N\NC(=O)c2ccc(-c3csc(Nc4ccc(Cl)cc4)n3)cc2)cc(Cl)c1OCc1ccc(Cl)c(Cl)c1. The highest BCUT2D eigenvalue weighted by atomic mass is 35.5. The van der Waals surface area contributed by atoms with Gasteiger partial charge in [0.2, 0.25) is 0 Å². The number of hydrazone groups is 1. The number of methoxy groups -OCH3 is 1. The molecule has 0 radical (unpaired) electrons. The lowest BCUT2D eigenvalue weighted by Gasteiger charge is -2.13. The lowest BCUT2D eigenvalue weighted by atomic mass is 10.1. The highest BCUT2D eigenvalue weighted by Gasteiger charge is 2.13. The normalized spacial score (nSPS) is 11.0. The second-order valence-corrected chi connectivity index (χ2v) is 11.5.